The maximum atomic E-state index is 13.1. The predicted molar refractivity (Wildman–Crippen MR) is 128 cm³/mol. The molecule has 5 nitrogen and oxygen atoms in total. The van der Waals surface area contributed by atoms with Crippen molar-refractivity contribution in [3.63, 3.8) is 0 Å². The first-order valence-corrected chi connectivity index (χ1v) is 11.5. The summed E-state index contributed by atoms with van der Waals surface area (Å²) in [5, 5.41) is 14.1. The van der Waals surface area contributed by atoms with Crippen LogP contribution in [0.5, 0.6) is 0 Å². The number of carboxylic acids is 1. The highest BCUT2D eigenvalue weighted by Gasteiger charge is 2.42. The molecule has 0 saturated heterocycles. The number of Topliss-reactive ketones (excluding diaryl/α,β-unsaturated/α-hetero) is 1. The van der Waals surface area contributed by atoms with Crippen molar-refractivity contribution in [3.05, 3.63) is 77.3 Å². The van der Waals surface area contributed by atoms with Crippen LogP contribution in [0.1, 0.15) is 23.2 Å². The molecule has 0 amide bonds. The van der Waals surface area contributed by atoms with Crippen LogP contribution >= 0.6 is 22.9 Å². The topological polar surface area (TPSA) is 79.3 Å². The molecule has 2 atom stereocenters. The molecule has 4 aromatic rings. The molecule has 1 aromatic heterocycles. The summed E-state index contributed by atoms with van der Waals surface area (Å²) in [4.78, 5) is 29.0. The molecule has 1 aliphatic rings. The molecule has 0 aliphatic heterocycles. The summed E-state index contributed by atoms with van der Waals surface area (Å²) in [7, 11) is 0. The predicted octanol–water partition coefficient (Wildman–Crippen LogP) is 6.65. The molecule has 0 bridgehead atoms. The first kappa shape index (κ1) is 20.7. The van der Waals surface area contributed by atoms with Gasteiger partial charge in [-0.1, -0.05) is 59.3 Å². The van der Waals surface area contributed by atoms with Gasteiger partial charge in [0.1, 0.15) is 0 Å². The molecule has 5 rings (SSSR count). The van der Waals surface area contributed by atoms with E-state index in [4.69, 9.17) is 11.6 Å². The van der Waals surface area contributed by atoms with Gasteiger partial charge in [0.2, 0.25) is 0 Å². The molecular formula is C25H19ClN2O3S. The second-order valence-electron chi connectivity index (χ2n) is 7.87. The van der Waals surface area contributed by atoms with Crippen LogP contribution < -0.4 is 5.32 Å². The second-order valence-corrected chi connectivity index (χ2v) is 9.34. The SMILES string of the molecule is O=C(O)[C@@H]1CC[C@H]1C(=O)c1ccccc1-c1ccc(Nc2nc3ccc(Cl)cc3s2)cc1. The summed E-state index contributed by atoms with van der Waals surface area (Å²) >= 11 is 7.59. The summed E-state index contributed by atoms with van der Waals surface area (Å²) in [6, 6.07) is 20.8. The lowest BCUT2D eigenvalue weighted by molar-refractivity contribution is -0.146. The number of carboxylic acid groups (broad SMARTS) is 1. The number of nitrogens with zero attached hydrogens (tertiary/aromatic N) is 1. The molecule has 32 heavy (non-hydrogen) atoms. The number of aromatic nitrogens is 1. The minimum atomic E-state index is -0.889. The number of halogens is 1. The Hall–Kier alpha value is -3.22. The van der Waals surface area contributed by atoms with Crippen LogP contribution in [-0.2, 0) is 4.79 Å². The molecule has 1 aliphatic carbocycles. The summed E-state index contributed by atoms with van der Waals surface area (Å²) in [5.41, 5.74) is 4.07. The van der Waals surface area contributed by atoms with Gasteiger partial charge in [-0.2, -0.15) is 0 Å². The van der Waals surface area contributed by atoms with E-state index in [0.717, 1.165) is 32.2 Å². The summed E-state index contributed by atoms with van der Waals surface area (Å²) in [6.45, 7) is 0. The number of hydrogen-bond acceptors (Lipinski definition) is 5. The van der Waals surface area contributed by atoms with E-state index in [2.05, 4.69) is 10.3 Å². The van der Waals surface area contributed by atoms with Gasteiger partial charge in [-0.25, -0.2) is 4.98 Å². The average molecular weight is 463 g/mol. The number of hydrogen-bond donors (Lipinski definition) is 2. The number of fused-ring (bicyclic) bond motifs is 1. The van der Waals surface area contributed by atoms with Crippen LogP contribution in [0.15, 0.2) is 66.7 Å². The van der Waals surface area contributed by atoms with E-state index < -0.39 is 17.8 Å². The van der Waals surface area contributed by atoms with Gasteiger partial charge in [-0.05, 0) is 54.3 Å². The maximum Gasteiger partial charge on any atom is 0.307 e. The zero-order valence-corrected chi connectivity index (χ0v) is 18.5. The summed E-state index contributed by atoms with van der Waals surface area (Å²) in [5.74, 6) is -2.00. The van der Waals surface area contributed by atoms with Crippen molar-refractivity contribution in [2.24, 2.45) is 11.8 Å². The largest absolute Gasteiger partial charge is 0.481 e. The minimum absolute atomic E-state index is 0.0883. The first-order chi connectivity index (χ1) is 15.5. The number of anilines is 2. The molecule has 3 aromatic carbocycles. The van der Waals surface area contributed by atoms with Crippen molar-refractivity contribution in [1.29, 1.82) is 0 Å². The molecule has 0 spiro atoms. The van der Waals surface area contributed by atoms with E-state index in [-0.39, 0.29) is 5.78 Å². The fourth-order valence-corrected chi connectivity index (χ4v) is 5.23. The van der Waals surface area contributed by atoms with Crippen LogP contribution in [0.25, 0.3) is 21.3 Å². The van der Waals surface area contributed by atoms with E-state index in [1.54, 1.807) is 6.07 Å². The van der Waals surface area contributed by atoms with E-state index >= 15 is 0 Å². The number of benzene rings is 3. The van der Waals surface area contributed by atoms with Crippen LogP contribution in [-0.4, -0.2) is 21.8 Å². The van der Waals surface area contributed by atoms with Crippen molar-refractivity contribution in [1.82, 2.24) is 4.98 Å². The van der Waals surface area contributed by atoms with Gasteiger partial charge in [0.05, 0.1) is 16.1 Å². The van der Waals surface area contributed by atoms with Crippen LogP contribution in [0.4, 0.5) is 10.8 Å². The van der Waals surface area contributed by atoms with Crippen molar-refractivity contribution in [2.45, 2.75) is 12.8 Å². The van der Waals surface area contributed by atoms with Crippen LogP contribution in [0.3, 0.4) is 0 Å². The summed E-state index contributed by atoms with van der Waals surface area (Å²) < 4.78 is 1.01. The van der Waals surface area contributed by atoms with Crippen molar-refractivity contribution in [2.75, 3.05) is 5.32 Å². The zero-order valence-electron chi connectivity index (χ0n) is 16.9. The molecular weight excluding hydrogens is 444 g/mol. The van der Waals surface area contributed by atoms with Crippen molar-refractivity contribution < 1.29 is 14.7 Å². The quantitative estimate of drug-likeness (QED) is 0.313. The maximum absolute atomic E-state index is 13.1. The lowest BCUT2D eigenvalue weighted by atomic mass is 9.69. The minimum Gasteiger partial charge on any atom is -0.481 e. The van der Waals surface area contributed by atoms with Gasteiger partial charge in [0.15, 0.2) is 10.9 Å². The fourth-order valence-electron chi connectivity index (χ4n) is 4.07. The number of aliphatic carboxylic acids is 1. The normalized spacial score (nSPS) is 17.7. The number of nitrogens with one attached hydrogen (secondary N) is 1. The molecule has 1 heterocycles. The summed E-state index contributed by atoms with van der Waals surface area (Å²) in [6.07, 6.45) is 1.19. The van der Waals surface area contributed by atoms with Gasteiger partial charge in [-0.3, -0.25) is 9.59 Å². The molecule has 160 valence electrons. The Labute approximate surface area is 193 Å². The number of ketones is 1. The van der Waals surface area contributed by atoms with E-state index in [1.165, 1.54) is 11.3 Å². The highest BCUT2D eigenvalue weighted by atomic mass is 35.5. The Balaban J connectivity index is 1.38. The fraction of sp³-hybridized carbons (Fsp3) is 0.160. The second kappa shape index (κ2) is 8.37. The van der Waals surface area contributed by atoms with Gasteiger partial charge < -0.3 is 10.4 Å². The molecule has 7 heteroatoms. The highest BCUT2D eigenvalue weighted by Crippen LogP contribution is 2.39. The van der Waals surface area contributed by atoms with Gasteiger partial charge in [0, 0.05) is 22.2 Å². The Kier molecular flexibility index (Phi) is 5.41. The molecule has 2 N–H and O–H groups in total. The monoisotopic (exact) mass is 462 g/mol. The first-order valence-electron chi connectivity index (χ1n) is 10.3. The number of carbonyl (C=O) groups is 2. The number of carbonyl (C=O) groups excluding carboxylic acids is 1. The Morgan fingerprint density at radius 1 is 1.00 bits per heavy atom. The Morgan fingerprint density at radius 3 is 2.47 bits per heavy atom. The standard InChI is InChI=1S/C25H19ClN2O3S/c26-15-7-12-21-22(13-15)32-25(28-21)27-16-8-5-14(6-9-16)17-3-1-2-4-18(17)23(29)19-10-11-20(19)24(30)31/h1-9,12-13,19-20H,10-11H2,(H,27,28)(H,30,31)/t19-,20-/m1/s1. The lowest BCUT2D eigenvalue weighted by Crippen LogP contribution is -2.38. The van der Waals surface area contributed by atoms with Crippen molar-refractivity contribution >= 4 is 55.7 Å². The molecule has 0 radical (unpaired) electrons. The van der Waals surface area contributed by atoms with E-state index in [9.17, 15) is 14.7 Å². The van der Waals surface area contributed by atoms with Crippen molar-refractivity contribution in [3.8, 4) is 11.1 Å². The smallest absolute Gasteiger partial charge is 0.307 e. The van der Waals surface area contributed by atoms with Gasteiger partial charge in [0.25, 0.3) is 0 Å². The van der Waals surface area contributed by atoms with E-state index in [1.807, 2.05) is 60.7 Å². The average Bonchev–Trinajstić information content (AvgIpc) is 3.14. The van der Waals surface area contributed by atoms with E-state index in [0.29, 0.717) is 23.4 Å². The third-order valence-electron chi connectivity index (χ3n) is 5.92. The third kappa shape index (κ3) is 3.87. The molecule has 1 fully saturated rings. The Morgan fingerprint density at radius 2 is 1.75 bits per heavy atom. The van der Waals surface area contributed by atoms with Crippen LogP contribution in [0, 0.1) is 11.8 Å². The highest BCUT2D eigenvalue weighted by molar-refractivity contribution is 7.22. The Bertz CT molecular complexity index is 1330. The third-order valence-corrected chi connectivity index (χ3v) is 7.09. The number of rotatable bonds is 6. The number of thiazole rings is 1. The molecule has 1 saturated carbocycles. The lowest BCUT2D eigenvalue weighted by Gasteiger charge is -2.32. The zero-order chi connectivity index (χ0) is 22.2. The van der Waals surface area contributed by atoms with Crippen LogP contribution in [0.2, 0.25) is 5.02 Å². The molecule has 0 unspecified atom stereocenters. The van der Waals surface area contributed by atoms with Gasteiger partial charge >= 0.3 is 5.97 Å². The van der Waals surface area contributed by atoms with Gasteiger partial charge in [-0.15, -0.1) is 0 Å².